The molecule has 0 N–H and O–H groups in total. The van der Waals surface area contributed by atoms with E-state index in [9.17, 15) is 0 Å². The maximum absolute atomic E-state index is 6.53. The van der Waals surface area contributed by atoms with E-state index in [1.807, 2.05) is 0 Å². The van der Waals surface area contributed by atoms with E-state index in [1.54, 1.807) is 6.26 Å². The van der Waals surface area contributed by atoms with Crippen LogP contribution in [0.4, 0.5) is 0 Å². The first-order valence-corrected chi connectivity index (χ1v) is 10.3. The molecule has 24 heavy (non-hydrogen) atoms. The molecule has 0 aromatic heterocycles. The molecule has 0 radical (unpaired) electrons. The van der Waals surface area contributed by atoms with Gasteiger partial charge in [0.15, 0.2) is 0 Å². The topological polar surface area (TPSA) is 31.0 Å². The van der Waals surface area contributed by atoms with E-state index in [1.165, 1.54) is 70.6 Å². The highest BCUT2D eigenvalue weighted by Gasteiger charge is 2.42. The lowest BCUT2D eigenvalue weighted by Gasteiger charge is -2.42. The number of rotatable bonds is 14. The van der Waals surface area contributed by atoms with E-state index in [2.05, 4.69) is 13.5 Å². The summed E-state index contributed by atoms with van der Waals surface area (Å²) in [6, 6.07) is 0. The van der Waals surface area contributed by atoms with Crippen molar-refractivity contribution in [3.8, 4) is 0 Å². The van der Waals surface area contributed by atoms with Crippen LogP contribution in [0.3, 0.4) is 0 Å². The fourth-order valence-corrected chi connectivity index (χ4v) is 4.08. The minimum absolute atomic E-state index is 0.134. The fourth-order valence-electron chi connectivity index (χ4n) is 4.08. The monoisotopic (exact) mass is 338 g/mol. The number of epoxide rings is 1. The zero-order valence-corrected chi connectivity index (χ0v) is 15.8. The Kier molecular flexibility index (Phi) is 9.19. The first-order chi connectivity index (χ1) is 11.8. The average molecular weight is 339 g/mol. The van der Waals surface area contributed by atoms with Crippen molar-refractivity contribution in [2.75, 3.05) is 19.8 Å². The van der Waals surface area contributed by atoms with Crippen LogP contribution in [-0.2, 0) is 14.2 Å². The Morgan fingerprint density at radius 1 is 1.08 bits per heavy atom. The second-order valence-corrected chi connectivity index (χ2v) is 7.66. The van der Waals surface area contributed by atoms with E-state index in [-0.39, 0.29) is 5.60 Å². The molecule has 1 saturated carbocycles. The Morgan fingerprint density at radius 3 is 2.46 bits per heavy atom. The molecule has 3 nitrogen and oxygen atoms in total. The summed E-state index contributed by atoms with van der Waals surface area (Å²) < 4.78 is 17.6. The maximum atomic E-state index is 6.53. The molecule has 0 spiro atoms. The molecule has 0 bridgehead atoms. The summed E-state index contributed by atoms with van der Waals surface area (Å²) in [5, 5.41) is 0. The van der Waals surface area contributed by atoms with E-state index < -0.39 is 0 Å². The zero-order chi connectivity index (χ0) is 17.1. The molecule has 1 aliphatic carbocycles. The molecule has 2 aliphatic rings. The summed E-state index contributed by atoms with van der Waals surface area (Å²) in [6.07, 6.45) is 17.6. The largest absolute Gasteiger partial charge is 0.499 e. The Labute approximate surface area is 149 Å². The van der Waals surface area contributed by atoms with Crippen molar-refractivity contribution < 1.29 is 14.2 Å². The second-order valence-electron chi connectivity index (χ2n) is 7.66. The van der Waals surface area contributed by atoms with Crippen LogP contribution in [-0.4, -0.2) is 31.5 Å². The third-order valence-corrected chi connectivity index (χ3v) is 5.71. The third-order valence-electron chi connectivity index (χ3n) is 5.71. The Bertz CT molecular complexity index is 334. The fraction of sp³-hybridized carbons (Fsp3) is 0.905. The lowest BCUT2D eigenvalue weighted by molar-refractivity contribution is -0.135. The number of ether oxygens (including phenoxy) is 3. The van der Waals surface area contributed by atoms with Crippen molar-refractivity contribution in [2.45, 2.75) is 95.7 Å². The number of hydrogen-bond acceptors (Lipinski definition) is 3. The second kappa shape index (κ2) is 11.1. The molecule has 2 fully saturated rings. The summed E-state index contributed by atoms with van der Waals surface area (Å²) in [4.78, 5) is 0. The van der Waals surface area contributed by atoms with E-state index in [0.29, 0.717) is 18.6 Å². The lowest BCUT2D eigenvalue weighted by Crippen LogP contribution is -2.46. The molecule has 1 saturated heterocycles. The van der Waals surface area contributed by atoms with Crippen LogP contribution in [0, 0.1) is 5.92 Å². The Hall–Kier alpha value is -0.540. The van der Waals surface area contributed by atoms with Gasteiger partial charge in [-0.3, -0.25) is 0 Å². The molecule has 0 aromatic carbocycles. The third kappa shape index (κ3) is 6.76. The summed E-state index contributed by atoms with van der Waals surface area (Å²) >= 11 is 0. The van der Waals surface area contributed by atoms with Gasteiger partial charge in [-0.2, -0.15) is 0 Å². The molecule has 2 rings (SSSR count). The average Bonchev–Trinajstić information content (AvgIpc) is 3.45. The van der Waals surface area contributed by atoms with Crippen LogP contribution in [0.15, 0.2) is 12.8 Å². The van der Waals surface area contributed by atoms with Crippen molar-refractivity contribution in [1.82, 2.24) is 0 Å². The van der Waals surface area contributed by atoms with E-state index >= 15 is 0 Å². The normalized spacial score (nSPS) is 23.6. The highest BCUT2D eigenvalue weighted by atomic mass is 16.6. The van der Waals surface area contributed by atoms with Gasteiger partial charge in [-0.05, 0) is 25.2 Å². The van der Waals surface area contributed by atoms with Crippen molar-refractivity contribution in [2.24, 2.45) is 5.92 Å². The first-order valence-electron chi connectivity index (χ1n) is 10.3. The molecular weight excluding hydrogens is 300 g/mol. The van der Waals surface area contributed by atoms with Gasteiger partial charge in [0.1, 0.15) is 18.3 Å². The molecule has 1 heterocycles. The van der Waals surface area contributed by atoms with Crippen molar-refractivity contribution >= 4 is 0 Å². The molecule has 2 atom stereocenters. The Morgan fingerprint density at radius 2 is 1.79 bits per heavy atom. The van der Waals surface area contributed by atoms with Gasteiger partial charge >= 0.3 is 0 Å². The number of unbranched alkanes of at least 4 members (excludes halogenated alkanes) is 5. The number of hydrogen-bond donors (Lipinski definition) is 0. The van der Waals surface area contributed by atoms with Crippen molar-refractivity contribution in [3.63, 3.8) is 0 Å². The molecule has 0 aromatic rings. The predicted molar refractivity (Wildman–Crippen MR) is 99.1 cm³/mol. The highest BCUT2D eigenvalue weighted by molar-refractivity contribution is 4.92. The van der Waals surface area contributed by atoms with Crippen molar-refractivity contribution in [3.05, 3.63) is 12.8 Å². The summed E-state index contributed by atoms with van der Waals surface area (Å²) in [5.74, 6) is 0.626. The minimum atomic E-state index is -0.134. The molecule has 1 aliphatic heterocycles. The summed E-state index contributed by atoms with van der Waals surface area (Å²) in [7, 11) is 0. The van der Waals surface area contributed by atoms with Gasteiger partial charge in [0, 0.05) is 0 Å². The SMILES string of the molecule is C=COCC(CCCCCCCC)(OCC1CO1)C1CCCCC1. The summed E-state index contributed by atoms with van der Waals surface area (Å²) in [6.45, 7) is 8.26. The molecule has 0 amide bonds. The van der Waals surface area contributed by atoms with Crippen LogP contribution in [0.25, 0.3) is 0 Å². The lowest BCUT2D eigenvalue weighted by atomic mass is 9.74. The van der Waals surface area contributed by atoms with Crippen LogP contribution in [0.1, 0.15) is 84.0 Å². The van der Waals surface area contributed by atoms with Gasteiger partial charge in [-0.15, -0.1) is 0 Å². The molecule has 3 heteroatoms. The van der Waals surface area contributed by atoms with E-state index in [0.717, 1.165) is 19.6 Å². The predicted octanol–water partition coefficient (Wildman–Crippen LogP) is 5.63. The van der Waals surface area contributed by atoms with E-state index in [4.69, 9.17) is 14.2 Å². The van der Waals surface area contributed by atoms with Gasteiger partial charge in [-0.1, -0.05) is 71.3 Å². The van der Waals surface area contributed by atoms with Crippen LogP contribution in [0.5, 0.6) is 0 Å². The van der Waals surface area contributed by atoms with Gasteiger partial charge in [0.25, 0.3) is 0 Å². The summed E-state index contributed by atoms with van der Waals surface area (Å²) in [5.41, 5.74) is -0.134. The molecule has 2 unspecified atom stereocenters. The standard InChI is InChI=1S/C21H38O3/c1-3-5-6-7-8-12-15-21(18-22-4-2,24-17-20-16-23-20)19-13-10-9-11-14-19/h4,19-20H,2-3,5-18H2,1H3. The smallest absolute Gasteiger partial charge is 0.116 e. The van der Waals surface area contributed by atoms with Gasteiger partial charge in [0.05, 0.1) is 19.5 Å². The zero-order valence-electron chi connectivity index (χ0n) is 15.8. The highest BCUT2D eigenvalue weighted by Crippen LogP contribution is 2.39. The quantitative estimate of drug-likeness (QED) is 0.233. The van der Waals surface area contributed by atoms with Crippen LogP contribution >= 0.6 is 0 Å². The van der Waals surface area contributed by atoms with Gasteiger partial charge < -0.3 is 14.2 Å². The molecule has 140 valence electrons. The van der Waals surface area contributed by atoms with Gasteiger partial charge in [-0.25, -0.2) is 0 Å². The van der Waals surface area contributed by atoms with Crippen molar-refractivity contribution in [1.29, 1.82) is 0 Å². The first kappa shape index (κ1) is 19.8. The Balaban J connectivity index is 1.90. The molecular formula is C21H38O3. The van der Waals surface area contributed by atoms with Gasteiger partial charge in [0.2, 0.25) is 0 Å². The van der Waals surface area contributed by atoms with Crippen LogP contribution < -0.4 is 0 Å². The van der Waals surface area contributed by atoms with Crippen LogP contribution in [0.2, 0.25) is 0 Å². The minimum Gasteiger partial charge on any atom is -0.499 e. The maximum Gasteiger partial charge on any atom is 0.116 e.